The number of amides is 3. The number of carbonyl (C=O) groups excluding carboxylic acids is 3. The van der Waals surface area contributed by atoms with Crippen molar-refractivity contribution < 1.29 is 38.1 Å². The van der Waals surface area contributed by atoms with Gasteiger partial charge in [0.25, 0.3) is 0 Å². The zero-order valence-electron chi connectivity index (χ0n) is 22.4. The van der Waals surface area contributed by atoms with Crippen LogP contribution in [0.25, 0.3) is 0 Å². The van der Waals surface area contributed by atoms with Crippen LogP contribution >= 0.6 is 23.2 Å². The number of anilines is 1. The molecule has 2 aliphatic heterocycles. The van der Waals surface area contributed by atoms with Gasteiger partial charge in [0.2, 0.25) is 11.8 Å². The molecule has 0 aromatic heterocycles. The number of likely N-dealkylation sites (tertiary alicyclic amines) is 1. The molecule has 13 heteroatoms. The van der Waals surface area contributed by atoms with E-state index in [0.29, 0.717) is 5.57 Å². The number of benzene rings is 2. The SMILES string of the molecule is COC(=O)N1[C@@H](C(=O)NCC[C@H](O)CO)[C@H](c2ccc(F)c(Cl)c2)[C@@]2(C(=O)Nc3cc(Cl)c(F)cc32)[C@H]1C=C(C)C. The van der Waals surface area contributed by atoms with Crippen LogP contribution in [0.1, 0.15) is 37.3 Å². The maximum atomic E-state index is 15.0. The van der Waals surface area contributed by atoms with Crippen molar-refractivity contribution in [2.75, 3.05) is 25.6 Å². The van der Waals surface area contributed by atoms with Gasteiger partial charge in [0, 0.05) is 18.2 Å². The molecule has 0 aliphatic carbocycles. The molecule has 9 nitrogen and oxygen atoms in total. The first-order valence-electron chi connectivity index (χ1n) is 12.7. The summed E-state index contributed by atoms with van der Waals surface area (Å²) in [6.45, 7) is 2.84. The second-order valence-electron chi connectivity index (χ2n) is 10.2. The van der Waals surface area contributed by atoms with Crippen molar-refractivity contribution in [2.45, 2.75) is 49.8 Å². The van der Waals surface area contributed by atoms with Gasteiger partial charge < -0.3 is 25.6 Å². The summed E-state index contributed by atoms with van der Waals surface area (Å²) >= 11 is 12.2. The molecule has 5 atom stereocenters. The lowest BCUT2D eigenvalue weighted by Gasteiger charge is -2.34. The van der Waals surface area contributed by atoms with Gasteiger partial charge in [0.1, 0.15) is 23.1 Å². The molecule has 220 valence electrons. The number of nitrogens with one attached hydrogen (secondary N) is 2. The van der Waals surface area contributed by atoms with Crippen molar-refractivity contribution in [1.29, 1.82) is 0 Å². The highest BCUT2D eigenvalue weighted by atomic mass is 35.5. The van der Waals surface area contributed by atoms with Gasteiger partial charge in [-0.15, -0.1) is 0 Å². The minimum Gasteiger partial charge on any atom is -0.453 e. The first-order chi connectivity index (χ1) is 19.4. The number of hydrogen-bond acceptors (Lipinski definition) is 6. The third-order valence-corrected chi connectivity index (χ3v) is 8.02. The third kappa shape index (κ3) is 5.27. The lowest BCUT2D eigenvalue weighted by atomic mass is 9.64. The number of ether oxygens (including phenoxy) is 1. The van der Waals surface area contributed by atoms with E-state index in [2.05, 4.69) is 10.6 Å². The summed E-state index contributed by atoms with van der Waals surface area (Å²) in [5, 5.41) is 23.8. The first kappa shape index (κ1) is 30.7. The number of aliphatic hydroxyl groups is 2. The Bertz CT molecular complexity index is 1420. The molecular formula is C28H29Cl2F2N3O6. The fraction of sp³-hybridized carbons (Fsp3) is 0.393. The largest absolute Gasteiger partial charge is 0.453 e. The molecule has 4 N–H and O–H groups in total. The lowest BCUT2D eigenvalue weighted by molar-refractivity contribution is -0.125. The normalized spacial score (nSPS) is 23.7. The highest BCUT2D eigenvalue weighted by Crippen LogP contribution is 2.59. The first-order valence-corrected chi connectivity index (χ1v) is 13.5. The van der Waals surface area contributed by atoms with Crippen molar-refractivity contribution in [1.82, 2.24) is 10.2 Å². The fourth-order valence-corrected chi connectivity index (χ4v) is 6.13. The van der Waals surface area contributed by atoms with Crippen LogP contribution in [0.5, 0.6) is 0 Å². The van der Waals surface area contributed by atoms with Crippen LogP contribution in [0.15, 0.2) is 42.0 Å². The van der Waals surface area contributed by atoms with Gasteiger partial charge in [-0.1, -0.05) is 40.9 Å². The van der Waals surface area contributed by atoms with Crippen LogP contribution < -0.4 is 10.6 Å². The maximum absolute atomic E-state index is 15.0. The average molecular weight is 612 g/mol. The van der Waals surface area contributed by atoms with Crippen molar-refractivity contribution in [2.24, 2.45) is 0 Å². The van der Waals surface area contributed by atoms with Crippen LogP contribution in [-0.2, 0) is 19.7 Å². The van der Waals surface area contributed by atoms with E-state index < -0.39 is 65.7 Å². The highest BCUT2D eigenvalue weighted by Gasteiger charge is 2.69. The van der Waals surface area contributed by atoms with Crippen LogP contribution in [0.3, 0.4) is 0 Å². The Morgan fingerprint density at radius 2 is 1.88 bits per heavy atom. The molecule has 1 spiro atoms. The smallest absolute Gasteiger partial charge is 0.410 e. The Morgan fingerprint density at radius 1 is 1.20 bits per heavy atom. The summed E-state index contributed by atoms with van der Waals surface area (Å²) < 4.78 is 34.4. The van der Waals surface area contributed by atoms with E-state index in [-0.39, 0.29) is 39.8 Å². The molecule has 0 unspecified atom stereocenters. The highest BCUT2D eigenvalue weighted by molar-refractivity contribution is 6.31. The predicted molar refractivity (Wildman–Crippen MR) is 148 cm³/mol. The minimum absolute atomic E-state index is 0.00417. The van der Waals surface area contributed by atoms with E-state index in [0.717, 1.165) is 24.1 Å². The molecule has 2 aliphatic rings. The fourth-order valence-electron chi connectivity index (χ4n) is 5.78. The topological polar surface area (TPSA) is 128 Å². The number of fused-ring (bicyclic) bond motifs is 2. The molecule has 1 fully saturated rings. The van der Waals surface area contributed by atoms with Crippen molar-refractivity contribution in [3.05, 3.63) is 74.8 Å². The molecule has 2 aromatic carbocycles. The van der Waals surface area contributed by atoms with Crippen molar-refractivity contribution in [3.8, 4) is 0 Å². The Hall–Kier alpha value is -3.25. The molecule has 2 aromatic rings. The van der Waals surface area contributed by atoms with Gasteiger partial charge in [-0.3, -0.25) is 14.5 Å². The van der Waals surface area contributed by atoms with Gasteiger partial charge in [0.05, 0.1) is 35.9 Å². The standard InChI is InChI=1S/C28H29Cl2F2N3O6/c1-13(2)8-22-28(16-10-20(32)18(30)11-21(16)34-26(28)39)23(14-4-5-19(31)17(29)9-14)24(35(22)27(40)41-3)25(38)33-7-6-15(37)12-36/h4-5,8-11,15,22-24,36-37H,6-7,12H2,1-3H3,(H,33,38)(H,34,39)/t15-,22+,23-,24+,28-/m0/s1. The number of hydrogen-bond donors (Lipinski definition) is 4. The van der Waals surface area contributed by atoms with Gasteiger partial charge in [0.15, 0.2) is 0 Å². The second kappa shape index (κ2) is 11.9. The van der Waals surface area contributed by atoms with Gasteiger partial charge in [-0.25, -0.2) is 13.6 Å². The molecule has 3 amide bonds. The second-order valence-corrected chi connectivity index (χ2v) is 11.0. The third-order valence-electron chi connectivity index (χ3n) is 7.44. The number of carbonyl (C=O) groups is 3. The summed E-state index contributed by atoms with van der Waals surface area (Å²) in [7, 11) is 1.12. The van der Waals surface area contributed by atoms with E-state index in [1.165, 1.54) is 18.2 Å². The number of allylic oxidation sites excluding steroid dienone is 1. The molecule has 0 radical (unpaired) electrons. The Balaban J connectivity index is 2.05. The molecule has 2 heterocycles. The van der Waals surface area contributed by atoms with Crippen LogP contribution in [-0.4, -0.2) is 71.5 Å². The van der Waals surface area contributed by atoms with E-state index in [4.69, 9.17) is 33.0 Å². The van der Waals surface area contributed by atoms with Crippen LogP contribution in [0.4, 0.5) is 19.3 Å². The molecule has 41 heavy (non-hydrogen) atoms. The van der Waals surface area contributed by atoms with E-state index in [1.807, 2.05) is 0 Å². The Morgan fingerprint density at radius 3 is 2.49 bits per heavy atom. The van der Waals surface area contributed by atoms with E-state index in [9.17, 15) is 23.9 Å². The predicted octanol–water partition coefficient (Wildman–Crippen LogP) is 3.89. The van der Waals surface area contributed by atoms with Gasteiger partial charge >= 0.3 is 6.09 Å². The average Bonchev–Trinajstić information content (AvgIpc) is 3.37. The van der Waals surface area contributed by atoms with E-state index >= 15 is 4.39 Å². The monoisotopic (exact) mass is 611 g/mol. The lowest BCUT2D eigenvalue weighted by Crippen LogP contribution is -2.51. The Labute approximate surface area is 245 Å². The molecule has 0 bridgehead atoms. The van der Waals surface area contributed by atoms with Crippen LogP contribution in [0.2, 0.25) is 10.0 Å². The van der Waals surface area contributed by atoms with E-state index in [1.54, 1.807) is 19.9 Å². The van der Waals surface area contributed by atoms with Gasteiger partial charge in [-0.05, 0) is 55.7 Å². The van der Waals surface area contributed by atoms with Gasteiger partial charge in [-0.2, -0.15) is 0 Å². The van der Waals surface area contributed by atoms with Crippen molar-refractivity contribution >= 4 is 46.8 Å². The number of aliphatic hydroxyl groups excluding tert-OH is 2. The number of nitrogens with zero attached hydrogens (tertiary/aromatic N) is 1. The number of methoxy groups -OCH3 is 1. The van der Waals surface area contributed by atoms with Crippen LogP contribution in [0, 0.1) is 11.6 Å². The number of rotatable bonds is 7. The summed E-state index contributed by atoms with van der Waals surface area (Å²) in [6.07, 6.45) is -0.449. The zero-order chi connectivity index (χ0) is 30.2. The van der Waals surface area contributed by atoms with Crippen molar-refractivity contribution in [3.63, 3.8) is 0 Å². The summed E-state index contributed by atoms with van der Waals surface area (Å²) in [4.78, 5) is 42.7. The summed E-state index contributed by atoms with van der Waals surface area (Å²) in [6, 6.07) is 3.38. The molecule has 4 rings (SSSR count). The Kier molecular flexibility index (Phi) is 8.93. The minimum atomic E-state index is -1.82. The molecule has 1 saturated heterocycles. The maximum Gasteiger partial charge on any atom is 0.410 e. The quantitative estimate of drug-likeness (QED) is 0.352. The molecule has 0 saturated carbocycles. The molecular weight excluding hydrogens is 583 g/mol. The zero-order valence-corrected chi connectivity index (χ0v) is 23.9. The summed E-state index contributed by atoms with van der Waals surface area (Å²) in [5.74, 6) is -4.19. The number of halogens is 4. The summed E-state index contributed by atoms with van der Waals surface area (Å²) in [5.41, 5.74) is -0.605.